The standard InChI is InChI=1S/C15H21NO2/c1-3-11-15(2,14(17)18)16-12-7-10-13-8-5-4-6-9-13/h4-10,16H,3,11-12H2,1-2H3,(H,17,18)/b10-7+. The van der Waals surface area contributed by atoms with Crippen LogP contribution in [0.3, 0.4) is 0 Å². The molecule has 1 unspecified atom stereocenters. The van der Waals surface area contributed by atoms with Gasteiger partial charge in [0.05, 0.1) is 0 Å². The summed E-state index contributed by atoms with van der Waals surface area (Å²) in [5, 5.41) is 12.3. The quantitative estimate of drug-likeness (QED) is 0.779. The first-order valence-corrected chi connectivity index (χ1v) is 6.28. The van der Waals surface area contributed by atoms with Gasteiger partial charge in [0.25, 0.3) is 0 Å². The molecule has 0 aliphatic carbocycles. The van der Waals surface area contributed by atoms with E-state index in [9.17, 15) is 9.90 Å². The Balaban J connectivity index is 2.49. The van der Waals surface area contributed by atoms with Crippen molar-refractivity contribution in [3.05, 3.63) is 42.0 Å². The molecule has 0 spiro atoms. The minimum atomic E-state index is -0.838. The van der Waals surface area contributed by atoms with Crippen LogP contribution in [0.4, 0.5) is 0 Å². The van der Waals surface area contributed by atoms with Crippen molar-refractivity contribution in [1.82, 2.24) is 5.32 Å². The molecule has 2 N–H and O–H groups in total. The lowest BCUT2D eigenvalue weighted by Gasteiger charge is -2.25. The van der Waals surface area contributed by atoms with E-state index in [1.165, 1.54) is 0 Å². The van der Waals surface area contributed by atoms with Crippen LogP contribution < -0.4 is 5.32 Å². The van der Waals surface area contributed by atoms with Crippen molar-refractivity contribution in [1.29, 1.82) is 0 Å². The Hall–Kier alpha value is -1.61. The Kier molecular flexibility index (Phi) is 5.59. The summed E-state index contributed by atoms with van der Waals surface area (Å²) in [6.45, 7) is 4.27. The molecule has 1 aromatic rings. The number of carboxylic acid groups (broad SMARTS) is 1. The fourth-order valence-corrected chi connectivity index (χ4v) is 1.81. The van der Waals surface area contributed by atoms with Crippen molar-refractivity contribution < 1.29 is 9.90 Å². The van der Waals surface area contributed by atoms with Crippen molar-refractivity contribution in [3.8, 4) is 0 Å². The predicted octanol–water partition coefficient (Wildman–Crippen LogP) is 2.93. The zero-order valence-electron chi connectivity index (χ0n) is 11.0. The molecule has 0 amide bonds. The second-order valence-corrected chi connectivity index (χ2v) is 4.58. The van der Waals surface area contributed by atoms with Crippen molar-refractivity contribution in [2.24, 2.45) is 0 Å². The van der Waals surface area contributed by atoms with Gasteiger partial charge in [-0.1, -0.05) is 55.8 Å². The molecule has 0 aliphatic heterocycles. The minimum absolute atomic E-state index is 0.553. The smallest absolute Gasteiger partial charge is 0.323 e. The van der Waals surface area contributed by atoms with Gasteiger partial charge in [0.2, 0.25) is 0 Å². The molecule has 0 saturated heterocycles. The Morgan fingerprint density at radius 1 is 1.39 bits per heavy atom. The third-order valence-electron chi connectivity index (χ3n) is 2.94. The van der Waals surface area contributed by atoms with Gasteiger partial charge in [-0.05, 0) is 18.9 Å². The largest absolute Gasteiger partial charge is 0.480 e. The molecule has 3 heteroatoms. The molecule has 0 saturated carbocycles. The van der Waals surface area contributed by atoms with Crippen molar-refractivity contribution >= 4 is 12.0 Å². The van der Waals surface area contributed by atoms with E-state index in [-0.39, 0.29) is 0 Å². The van der Waals surface area contributed by atoms with Crippen molar-refractivity contribution in [2.45, 2.75) is 32.2 Å². The van der Waals surface area contributed by atoms with Crippen LogP contribution in [0.2, 0.25) is 0 Å². The Bertz CT molecular complexity index is 400. The van der Waals surface area contributed by atoms with E-state index in [0.29, 0.717) is 13.0 Å². The highest BCUT2D eigenvalue weighted by Gasteiger charge is 2.30. The molecule has 0 bridgehead atoms. The molecule has 1 aromatic carbocycles. The van der Waals surface area contributed by atoms with E-state index in [1.54, 1.807) is 6.92 Å². The van der Waals surface area contributed by atoms with Gasteiger partial charge in [0.1, 0.15) is 5.54 Å². The number of benzene rings is 1. The number of hydrogen-bond donors (Lipinski definition) is 2. The van der Waals surface area contributed by atoms with Gasteiger partial charge < -0.3 is 5.11 Å². The first-order valence-electron chi connectivity index (χ1n) is 6.28. The highest BCUT2D eigenvalue weighted by atomic mass is 16.4. The molecule has 0 radical (unpaired) electrons. The summed E-state index contributed by atoms with van der Waals surface area (Å²) in [6, 6.07) is 9.95. The molecule has 3 nitrogen and oxygen atoms in total. The third kappa shape index (κ3) is 4.34. The number of carboxylic acids is 1. The highest BCUT2D eigenvalue weighted by Crippen LogP contribution is 2.12. The first-order chi connectivity index (χ1) is 8.58. The third-order valence-corrected chi connectivity index (χ3v) is 2.94. The Morgan fingerprint density at radius 3 is 2.61 bits per heavy atom. The van der Waals surface area contributed by atoms with E-state index in [2.05, 4.69) is 5.32 Å². The fraction of sp³-hybridized carbons (Fsp3) is 0.400. The summed E-state index contributed by atoms with van der Waals surface area (Å²) in [5.74, 6) is -0.794. The second-order valence-electron chi connectivity index (χ2n) is 4.58. The SMILES string of the molecule is CCCC(C)(NC/C=C/c1ccccc1)C(=O)O. The lowest BCUT2D eigenvalue weighted by atomic mass is 9.96. The number of nitrogens with one attached hydrogen (secondary N) is 1. The Morgan fingerprint density at radius 2 is 2.06 bits per heavy atom. The van der Waals surface area contributed by atoms with Crippen LogP contribution in [-0.4, -0.2) is 23.2 Å². The van der Waals surface area contributed by atoms with E-state index in [0.717, 1.165) is 12.0 Å². The maximum atomic E-state index is 11.2. The van der Waals surface area contributed by atoms with Crippen LogP contribution in [-0.2, 0) is 4.79 Å². The van der Waals surface area contributed by atoms with Gasteiger partial charge in [0, 0.05) is 6.54 Å². The zero-order chi connectivity index (χ0) is 13.4. The van der Waals surface area contributed by atoms with Crippen molar-refractivity contribution in [2.75, 3.05) is 6.54 Å². The van der Waals surface area contributed by atoms with Crippen LogP contribution in [0, 0.1) is 0 Å². The van der Waals surface area contributed by atoms with Crippen LogP contribution in [0.15, 0.2) is 36.4 Å². The average molecular weight is 247 g/mol. The lowest BCUT2D eigenvalue weighted by Crippen LogP contribution is -2.49. The molecule has 1 atom stereocenters. The number of hydrogen-bond acceptors (Lipinski definition) is 2. The molecule has 0 aliphatic rings. The average Bonchev–Trinajstić information content (AvgIpc) is 2.36. The summed E-state index contributed by atoms with van der Waals surface area (Å²) >= 11 is 0. The van der Waals surface area contributed by atoms with Crippen LogP contribution in [0.1, 0.15) is 32.3 Å². The number of rotatable bonds is 7. The van der Waals surface area contributed by atoms with E-state index in [1.807, 2.05) is 49.4 Å². The molecular weight excluding hydrogens is 226 g/mol. The van der Waals surface area contributed by atoms with Gasteiger partial charge in [-0.15, -0.1) is 0 Å². The van der Waals surface area contributed by atoms with E-state index < -0.39 is 11.5 Å². The van der Waals surface area contributed by atoms with E-state index >= 15 is 0 Å². The molecule has 0 aromatic heterocycles. The summed E-state index contributed by atoms with van der Waals surface area (Å²) in [4.78, 5) is 11.2. The zero-order valence-corrected chi connectivity index (χ0v) is 11.0. The topological polar surface area (TPSA) is 49.3 Å². The molecule has 0 fully saturated rings. The number of aliphatic carboxylic acids is 1. The monoisotopic (exact) mass is 247 g/mol. The molecule has 1 rings (SSSR count). The number of carbonyl (C=O) groups is 1. The second kappa shape index (κ2) is 6.97. The van der Waals surface area contributed by atoms with Gasteiger partial charge in [-0.2, -0.15) is 0 Å². The van der Waals surface area contributed by atoms with E-state index in [4.69, 9.17) is 0 Å². The van der Waals surface area contributed by atoms with Crippen LogP contribution in [0.5, 0.6) is 0 Å². The van der Waals surface area contributed by atoms with Gasteiger partial charge >= 0.3 is 5.97 Å². The summed E-state index contributed by atoms with van der Waals surface area (Å²) in [5.41, 5.74) is 0.280. The first kappa shape index (κ1) is 14.5. The minimum Gasteiger partial charge on any atom is -0.480 e. The van der Waals surface area contributed by atoms with Crippen molar-refractivity contribution in [3.63, 3.8) is 0 Å². The summed E-state index contributed by atoms with van der Waals surface area (Å²) in [7, 11) is 0. The molecule has 0 heterocycles. The predicted molar refractivity (Wildman–Crippen MR) is 74.4 cm³/mol. The van der Waals surface area contributed by atoms with Gasteiger partial charge in [-0.25, -0.2) is 0 Å². The van der Waals surface area contributed by atoms with Crippen LogP contribution in [0.25, 0.3) is 6.08 Å². The molecule has 18 heavy (non-hydrogen) atoms. The van der Waals surface area contributed by atoms with Crippen LogP contribution >= 0.6 is 0 Å². The summed E-state index contributed by atoms with van der Waals surface area (Å²) in [6.07, 6.45) is 5.41. The van der Waals surface area contributed by atoms with Gasteiger partial charge in [-0.3, -0.25) is 10.1 Å². The maximum absolute atomic E-state index is 11.2. The summed E-state index contributed by atoms with van der Waals surface area (Å²) < 4.78 is 0. The Labute approximate surface area is 109 Å². The molecular formula is C15H21NO2. The maximum Gasteiger partial charge on any atom is 0.323 e. The lowest BCUT2D eigenvalue weighted by molar-refractivity contribution is -0.144. The highest BCUT2D eigenvalue weighted by molar-refractivity contribution is 5.78. The normalized spacial score (nSPS) is 14.6. The molecule has 98 valence electrons. The van der Waals surface area contributed by atoms with Gasteiger partial charge in [0.15, 0.2) is 0 Å². The fourth-order valence-electron chi connectivity index (χ4n) is 1.81.